The molecule has 1 saturated heterocycles. The molecule has 1 N–H and O–H groups in total. The van der Waals surface area contributed by atoms with E-state index < -0.39 is 5.41 Å². The van der Waals surface area contributed by atoms with Crippen LogP contribution in [0.1, 0.15) is 42.9 Å². The van der Waals surface area contributed by atoms with Crippen LogP contribution in [-0.2, 0) is 10.2 Å². The second-order valence-corrected chi connectivity index (χ2v) is 7.61. The zero-order valence-corrected chi connectivity index (χ0v) is 15.3. The number of hydrogen-bond donors (Lipinski definition) is 1. The molecule has 2 aromatic rings. The Morgan fingerprint density at radius 2 is 1.52 bits per heavy atom. The number of halogens is 2. The summed E-state index contributed by atoms with van der Waals surface area (Å²) >= 11 is 0. The van der Waals surface area contributed by atoms with E-state index in [0.29, 0.717) is 6.54 Å². The van der Waals surface area contributed by atoms with Crippen LogP contribution < -0.4 is 5.32 Å². The van der Waals surface area contributed by atoms with Crippen LogP contribution in [0, 0.1) is 11.6 Å². The minimum absolute atomic E-state index is 0.000386. The first kappa shape index (κ1) is 18.1. The summed E-state index contributed by atoms with van der Waals surface area (Å²) in [6.45, 7) is 2.47. The molecule has 1 unspecified atom stereocenters. The van der Waals surface area contributed by atoms with Gasteiger partial charge in [-0.2, -0.15) is 0 Å². The van der Waals surface area contributed by atoms with Crippen molar-refractivity contribution in [2.24, 2.45) is 0 Å². The van der Waals surface area contributed by atoms with Gasteiger partial charge in [0, 0.05) is 6.54 Å². The van der Waals surface area contributed by atoms with Crippen molar-refractivity contribution in [1.29, 1.82) is 0 Å². The smallest absolute Gasteiger partial charge is 0.230 e. The van der Waals surface area contributed by atoms with E-state index in [-0.39, 0.29) is 23.6 Å². The summed E-state index contributed by atoms with van der Waals surface area (Å²) in [6.07, 6.45) is 3.86. The van der Waals surface area contributed by atoms with E-state index in [1.54, 1.807) is 24.3 Å². The highest BCUT2D eigenvalue weighted by atomic mass is 19.1. The van der Waals surface area contributed by atoms with Gasteiger partial charge < -0.3 is 5.32 Å². The van der Waals surface area contributed by atoms with E-state index in [0.717, 1.165) is 49.9 Å². The van der Waals surface area contributed by atoms with Crippen LogP contribution in [0.5, 0.6) is 0 Å². The van der Waals surface area contributed by atoms with Gasteiger partial charge in [-0.3, -0.25) is 9.69 Å². The maximum Gasteiger partial charge on any atom is 0.230 e. The fraction of sp³-hybridized carbons (Fsp3) is 0.409. The molecule has 1 saturated carbocycles. The van der Waals surface area contributed by atoms with Crippen molar-refractivity contribution in [3.05, 3.63) is 71.3 Å². The third kappa shape index (κ3) is 3.74. The van der Waals surface area contributed by atoms with E-state index >= 15 is 0 Å². The summed E-state index contributed by atoms with van der Waals surface area (Å²) < 4.78 is 26.5. The molecule has 0 bridgehead atoms. The predicted molar refractivity (Wildman–Crippen MR) is 100 cm³/mol. The molecule has 1 amide bonds. The average molecular weight is 370 g/mol. The molecule has 2 fully saturated rings. The molecule has 0 aromatic heterocycles. The third-order valence-electron chi connectivity index (χ3n) is 5.87. The van der Waals surface area contributed by atoms with Gasteiger partial charge in [-0.25, -0.2) is 8.78 Å². The van der Waals surface area contributed by atoms with Gasteiger partial charge in [0.25, 0.3) is 0 Å². The van der Waals surface area contributed by atoms with Gasteiger partial charge in [-0.15, -0.1) is 0 Å². The molecule has 2 aliphatic rings. The summed E-state index contributed by atoms with van der Waals surface area (Å²) in [5.41, 5.74) is 1.37. The first-order valence-electron chi connectivity index (χ1n) is 9.62. The molecule has 4 rings (SSSR count). The van der Waals surface area contributed by atoms with Crippen molar-refractivity contribution in [1.82, 2.24) is 10.2 Å². The molecule has 1 heterocycles. The third-order valence-corrected chi connectivity index (χ3v) is 5.87. The zero-order chi connectivity index (χ0) is 18.9. The Bertz CT molecular complexity index is 794. The minimum atomic E-state index is -0.522. The molecule has 1 atom stereocenters. The zero-order valence-electron chi connectivity index (χ0n) is 15.3. The Hall–Kier alpha value is -2.27. The van der Waals surface area contributed by atoms with Crippen molar-refractivity contribution in [3.63, 3.8) is 0 Å². The lowest BCUT2D eigenvalue weighted by molar-refractivity contribution is -0.123. The SMILES string of the molecule is O=C(NCC(c1ccc(F)cc1)N1CCCC1)C1(c2ccc(F)cc2)CC1. The lowest BCUT2D eigenvalue weighted by atomic mass is 9.94. The number of benzene rings is 2. The van der Waals surface area contributed by atoms with Crippen molar-refractivity contribution in [2.75, 3.05) is 19.6 Å². The van der Waals surface area contributed by atoms with Gasteiger partial charge in [0.1, 0.15) is 11.6 Å². The number of nitrogens with one attached hydrogen (secondary N) is 1. The number of likely N-dealkylation sites (tertiary alicyclic amines) is 1. The summed E-state index contributed by atoms with van der Waals surface area (Å²) in [6, 6.07) is 12.8. The molecule has 1 aliphatic carbocycles. The van der Waals surface area contributed by atoms with Crippen LogP contribution in [0.4, 0.5) is 8.78 Å². The van der Waals surface area contributed by atoms with E-state index in [9.17, 15) is 13.6 Å². The molecule has 3 nitrogen and oxygen atoms in total. The van der Waals surface area contributed by atoms with Crippen LogP contribution in [0.3, 0.4) is 0 Å². The maximum atomic E-state index is 13.3. The van der Waals surface area contributed by atoms with Gasteiger partial charge in [-0.1, -0.05) is 24.3 Å². The Morgan fingerprint density at radius 3 is 2.07 bits per heavy atom. The van der Waals surface area contributed by atoms with Crippen LogP contribution in [0.15, 0.2) is 48.5 Å². The highest BCUT2D eigenvalue weighted by molar-refractivity contribution is 5.91. The number of rotatable bonds is 6. The molecule has 1 aliphatic heterocycles. The van der Waals surface area contributed by atoms with Gasteiger partial charge in [0.15, 0.2) is 0 Å². The summed E-state index contributed by atoms with van der Waals surface area (Å²) in [5.74, 6) is -0.544. The summed E-state index contributed by atoms with van der Waals surface area (Å²) in [5, 5.41) is 3.12. The standard InChI is InChI=1S/C22H24F2N2O/c23-18-7-3-16(4-8-18)20(26-13-1-2-14-26)15-25-21(27)22(11-12-22)17-5-9-19(24)10-6-17/h3-10,20H,1-2,11-15H2,(H,25,27). The quantitative estimate of drug-likeness (QED) is 0.835. The number of hydrogen-bond acceptors (Lipinski definition) is 2. The second-order valence-electron chi connectivity index (χ2n) is 7.61. The molecule has 142 valence electrons. The first-order valence-corrected chi connectivity index (χ1v) is 9.62. The molecule has 27 heavy (non-hydrogen) atoms. The molecule has 0 radical (unpaired) electrons. The lowest BCUT2D eigenvalue weighted by Gasteiger charge is -2.29. The maximum absolute atomic E-state index is 13.3. The predicted octanol–water partition coefficient (Wildman–Crippen LogP) is 3.95. The molecule has 5 heteroatoms. The van der Waals surface area contributed by atoms with Crippen molar-refractivity contribution < 1.29 is 13.6 Å². The molecule has 0 spiro atoms. The van der Waals surface area contributed by atoms with Gasteiger partial charge in [0.2, 0.25) is 5.91 Å². The van der Waals surface area contributed by atoms with E-state index in [1.165, 1.54) is 24.3 Å². The molecular formula is C22H24F2N2O. The fourth-order valence-electron chi connectivity index (χ4n) is 4.10. The highest BCUT2D eigenvalue weighted by Crippen LogP contribution is 2.48. The number of nitrogens with zero attached hydrogens (tertiary/aromatic N) is 1. The lowest BCUT2D eigenvalue weighted by Crippen LogP contribution is -2.41. The fourth-order valence-corrected chi connectivity index (χ4v) is 4.10. The average Bonchev–Trinajstić information content (AvgIpc) is 3.31. The summed E-state index contributed by atoms with van der Waals surface area (Å²) in [4.78, 5) is 15.3. The van der Waals surface area contributed by atoms with Crippen LogP contribution in [-0.4, -0.2) is 30.4 Å². The monoisotopic (exact) mass is 370 g/mol. The van der Waals surface area contributed by atoms with Crippen LogP contribution >= 0.6 is 0 Å². The van der Waals surface area contributed by atoms with E-state index in [4.69, 9.17) is 0 Å². The van der Waals surface area contributed by atoms with Crippen molar-refractivity contribution >= 4 is 5.91 Å². The Balaban J connectivity index is 1.48. The molecule has 2 aromatic carbocycles. The summed E-state index contributed by atoms with van der Waals surface area (Å²) in [7, 11) is 0. The Morgan fingerprint density at radius 1 is 0.963 bits per heavy atom. The van der Waals surface area contributed by atoms with E-state index in [1.807, 2.05) is 0 Å². The number of carbonyl (C=O) groups excluding carboxylic acids is 1. The normalized spacial score (nSPS) is 19.6. The van der Waals surface area contributed by atoms with Crippen molar-refractivity contribution in [3.8, 4) is 0 Å². The largest absolute Gasteiger partial charge is 0.353 e. The van der Waals surface area contributed by atoms with Gasteiger partial charge in [0.05, 0.1) is 11.5 Å². The minimum Gasteiger partial charge on any atom is -0.353 e. The van der Waals surface area contributed by atoms with Gasteiger partial charge in [-0.05, 0) is 74.2 Å². The van der Waals surface area contributed by atoms with Crippen LogP contribution in [0.25, 0.3) is 0 Å². The first-order chi connectivity index (χ1) is 13.1. The topological polar surface area (TPSA) is 32.3 Å². The Kier molecular flexibility index (Phi) is 4.96. The van der Waals surface area contributed by atoms with E-state index in [2.05, 4.69) is 10.2 Å². The second kappa shape index (κ2) is 7.39. The number of amides is 1. The molecular weight excluding hydrogens is 346 g/mol. The number of carbonyl (C=O) groups is 1. The van der Waals surface area contributed by atoms with Crippen LogP contribution in [0.2, 0.25) is 0 Å². The Labute approximate surface area is 158 Å². The highest BCUT2D eigenvalue weighted by Gasteiger charge is 2.51. The van der Waals surface area contributed by atoms with Gasteiger partial charge >= 0.3 is 0 Å². The van der Waals surface area contributed by atoms with Crippen molar-refractivity contribution in [2.45, 2.75) is 37.1 Å².